The van der Waals surface area contributed by atoms with Crippen LogP contribution < -0.4 is 4.90 Å². The molecule has 3 aliphatic heterocycles. The van der Waals surface area contributed by atoms with Crippen molar-refractivity contribution in [2.45, 2.75) is 44.2 Å². The minimum absolute atomic E-state index is 0.0734. The molecule has 7 heteroatoms. The lowest BCUT2D eigenvalue weighted by Crippen LogP contribution is -2.46. The van der Waals surface area contributed by atoms with Crippen molar-refractivity contribution in [2.75, 3.05) is 37.6 Å². The van der Waals surface area contributed by atoms with E-state index in [1.165, 1.54) is 25.0 Å². The summed E-state index contributed by atoms with van der Waals surface area (Å²) in [7, 11) is 0. The number of hydrogen-bond donors (Lipinski definition) is 0. The first-order chi connectivity index (χ1) is 20.6. The summed E-state index contributed by atoms with van der Waals surface area (Å²) in [5, 5.41) is 10.1. The quantitative estimate of drug-likeness (QED) is 0.277. The van der Waals surface area contributed by atoms with Crippen LogP contribution >= 0.6 is 0 Å². The fraction of sp³-hybridized carbons (Fsp3) is 0.343. The first kappa shape index (κ1) is 26.6. The number of carbonyl (C=O) groups excluding carboxylic acids is 1. The van der Waals surface area contributed by atoms with E-state index in [0.717, 1.165) is 85.4 Å². The zero-order valence-electron chi connectivity index (χ0n) is 23.7. The van der Waals surface area contributed by atoms with Crippen LogP contribution in [0.15, 0.2) is 72.8 Å². The van der Waals surface area contributed by atoms with Crippen LogP contribution in [0.5, 0.6) is 0 Å². The van der Waals surface area contributed by atoms with Gasteiger partial charge in [0.05, 0.1) is 28.9 Å². The van der Waals surface area contributed by atoms with Crippen LogP contribution in [-0.4, -0.2) is 59.6 Å². The zero-order chi connectivity index (χ0) is 28.6. The molecule has 4 heterocycles. The Bertz CT molecular complexity index is 1660. The van der Waals surface area contributed by atoms with Gasteiger partial charge in [0, 0.05) is 44.0 Å². The van der Waals surface area contributed by atoms with Gasteiger partial charge in [0.15, 0.2) is 0 Å². The minimum atomic E-state index is -0.220. The van der Waals surface area contributed by atoms with E-state index in [-0.39, 0.29) is 17.9 Å². The van der Waals surface area contributed by atoms with Crippen LogP contribution in [-0.2, 0) is 0 Å². The average Bonchev–Trinajstić information content (AvgIpc) is 3.83. The molecule has 7 rings (SSSR count). The SMILES string of the molecule is N#Cc1ccc(-c2ccc3nc(N4CCC(c5ccc(F)cc5)C4)cc(C(=O)N4CCCC4N4CCCC4)c3c2)cc1. The molecule has 0 bridgehead atoms. The molecule has 0 saturated carbocycles. The molecule has 6 nitrogen and oxygen atoms in total. The third-order valence-corrected chi connectivity index (χ3v) is 9.27. The highest BCUT2D eigenvalue weighted by molar-refractivity contribution is 6.08. The summed E-state index contributed by atoms with van der Waals surface area (Å²) in [6, 6.07) is 24.7. The Labute approximate surface area is 246 Å². The maximum Gasteiger partial charge on any atom is 0.255 e. The summed E-state index contributed by atoms with van der Waals surface area (Å²) < 4.78 is 13.5. The predicted octanol–water partition coefficient (Wildman–Crippen LogP) is 6.56. The number of hydrogen-bond acceptors (Lipinski definition) is 5. The summed E-state index contributed by atoms with van der Waals surface area (Å²) in [5.41, 5.74) is 5.24. The van der Waals surface area contributed by atoms with Crippen LogP contribution in [0, 0.1) is 17.1 Å². The van der Waals surface area contributed by atoms with Crippen molar-refractivity contribution in [3.63, 3.8) is 0 Å². The Morgan fingerprint density at radius 1 is 0.857 bits per heavy atom. The van der Waals surface area contributed by atoms with Gasteiger partial charge in [-0.25, -0.2) is 9.37 Å². The van der Waals surface area contributed by atoms with Crippen LogP contribution in [0.1, 0.15) is 59.5 Å². The normalized spacial score (nSPS) is 20.9. The van der Waals surface area contributed by atoms with Gasteiger partial charge in [0.1, 0.15) is 11.6 Å². The minimum Gasteiger partial charge on any atom is -0.356 e. The summed E-state index contributed by atoms with van der Waals surface area (Å²) in [4.78, 5) is 26.3. The van der Waals surface area contributed by atoms with Gasteiger partial charge in [-0.2, -0.15) is 5.26 Å². The third kappa shape index (κ3) is 5.01. The lowest BCUT2D eigenvalue weighted by Gasteiger charge is -2.32. The molecule has 3 fully saturated rings. The molecule has 0 aliphatic carbocycles. The van der Waals surface area contributed by atoms with Crippen molar-refractivity contribution in [3.05, 3.63) is 95.3 Å². The van der Waals surface area contributed by atoms with E-state index < -0.39 is 0 Å². The number of anilines is 1. The Balaban J connectivity index is 1.27. The average molecular weight is 560 g/mol. The highest BCUT2D eigenvalue weighted by Crippen LogP contribution is 2.35. The van der Waals surface area contributed by atoms with Crippen LogP contribution in [0.3, 0.4) is 0 Å². The van der Waals surface area contributed by atoms with E-state index in [9.17, 15) is 14.4 Å². The second-order valence-corrected chi connectivity index (χ2v) is 11.8. The second-order valence-electron chi connectivity index (χ2n) is 11.8. The van der Waals surface area contributed by atoms with Crippen LogP contribution in [0.4, 0.5) is 10.2 Å². The molecule has 1 aromatic heterocycles. The molecule has 2 unspecified atom stereocenters. The number of amides is 1. The summed E-state index contributed by atoms with van der Waals surface area (Å²) in [6.07, 6.45) is 5.53. The van der Waals surface area contributed by atoms with Gasteiger partial charge in [0.25, 0.3) is 5.91 Å². The van der Waals surface area contributed by atoms with Gasteiger partial charge < -0.3 is 9.80 Å². The lowest BCUT2D eigenvalue weighted by molar-refractivity contribution is 0.0533. The number of aromatic nitrogens is 1. The monoisotopic (exact) mass is 559 g/mol. The Morgan fingerprint density at radius 3 is 2.38 bits per heavy atom. The molecule has 3 aromatic carbocycles. The summed E-state index contributed by atoms with van der Waals surface area (Å²) in [6.45, 7) is 4.49. The van der Waals surface area contributed by atoms with E-state index in [1.807, 2.05) is 54.6 Å². The van der Waals surface area contributed by atoms with Crippen molar-refractivity contribution in [1.82, 2.24) is 14.8 Å². The number of pyridine rings is 1. The largest absolute Gasteiger partial charge is 0.356 e. The summed E-state index contributed by atoms with van der Waals surface area (Å²) in [5.74, 6) is 0.962. The van der Waals surface area contributed by atoms with E-state index in [4.69, 9.17) is 4.98 Å². The molecule has 2 atom stereocenters. The molecule has 42 heavy (non-hydrogen) atoms. The number of rotatable bonds is 5. The topological polar surface area (TPSA) is 63.5 Å². The molecule has 3 saturated heterocycles. The van der Waals surface area contributed by atoms with Gasteiger partial charge in [-0.05, 0) is 91.3 Å². The maximum atomic E-state index is 14.4. The first-order valence-electron chi connectivity index (χ1n) is 15.1. The number of nitrogens with zero attached hydrogens (tertiary/aromatic N) is 5. The van der Waals surface area contributed by atoms with Crippen LogP contribution in [0.2, 0.25) is 0 Å². The summed E-state index contributed by atoms with van der Waals surface area (Å²) >= 11 is 0. The van der Waals surface area contributed by atoms with Gasteiger partial charge in [0.2, 0.25) is 0 Å². The van der Waals surface area contributed by atoms with E-state index in [0.29, 0.717) is 17.0 Å². The van der Waals surface area contributed by atoms with Gasteiger partial charge in [-0.3, -0.25) is 9.69 Å². The third-order valence-electron chi connectivity index (χ3n) is 9.27. The molecular formula is C35H34FN5O. The first-order valence-corrected chi connectivity index (χ1v) is 15.1. The molecule has 4 aromatic rings. The molecule has 0 radical (unpaired) electrons. The van der Waals surface area contributed by atoms with Crippen molar-refractivity contribution in [1.29, 1.82) is 5.26 Å². The molecule has 212 valence electrons. The number of likely N-dealkylation sites (tertiary alicyclic amines) is 2. The standard InChI is InChI=1S/C35H34FN5O/c36-29-12-9-26(10-13-29)28-15-19-40(23-28)33-21-31(35(42)41-18-3-4-34(41)39-16-1-2-17-39)30-20-27(11-14-32(30)38-33)25-7-5-24(22-37)6-8-25/h5-14,20-21,28,34H,1-4,15-19,23H2. The van der Waals surface area contributed by atoms with Gasteiger partial charge in [-0.15, -0.1) is 0 Å². The lowest BCUT2D eigenvalue weighted by atomic mass is 9.98. The van der Waals surface area contributed by atoms with Crippen molar-refractivity contribution >= 4 is 22.6 Å². The highest BCUT2D eigenvalue weighted by atomic mass is 19.1. The Morgan fingerprint density at radius 2 is 1.62 bits per heavy atom. The van der Waals surface area contributed by atoms with Crippen molar-refractivity contribution < 1.29 is 9.18 Å². The number of fused-ring (bicyclic) bond motifs is 1. The maximum absolute atomic E-state index is 14.4. The molecule has 1 amide bonds. The molecule has 0 N–H and O–H groups in total. The van der Waals surface area contributed by atoms with Crippen molar-refractivity contribution in [2.24, 2.45) is 0 Å². The Hall–Kier alpha value is -4.28. The number of halogens is 1. The predicted molar refractivity (Wildman–Crippen MR) is 163 cm³/mol. The van der Waals surface area contributed by atoms with E-state index in [1.54, 1.807) is 0 Å². The van der Waals surface area contributed by atoms with E-state index >= 15 is 0 Å². The smallest absolute Gasteiger partial charge is 0.255 e. The fourth-order valence-corrected chi connectivity index (χ4v) is 7.00. The van der Waals surface area contributed by atoms with Crippen molar-refractivity contribution in [3.8, 4) is 17.2 Å². The number of nitriles is 1. The second kappa shape index (κ2) is 11.2. The highest BCUT2D eigenvalue weighted by Gasteiger charge is 2.36. The number of carbonyl (C=O) groups is 1. The number of benzene rings is 3. The van der Waals surface area contributed by atoms with E-state index in [2.05, 4.69) is 26.8 Å². The Kier molecular flexibility index (Phi) is 7.09. The fourth-order valence-electron chi connectivity index (χ4n) is 7.00. The molecule has 3 aliphatic rings. The van der Waals surface area contributed by atoms with Gasteiger partial charge in [-0.1, -0.05) is 30.3 Å². The van der Waals surface area contributed by atoms with Gasteiger partial charge >= 0.3 is 0 Å². The molecule has 0 spiro atoms. The van der Waals surface area contributed by atoms with Crippen LogP contribution in [0.25, 0.3) is 22.0 Å². The zero-order valence-corrected chi connectivity index (χ0v) is 23.7. The molecular weight excluding hydrogens is 525 g/mol.